The second kappa shape index (κ2) is 9.32. The predicted octanol–water partition coefficient (Wildman–Crippen LogP) is 8.28. The van der Waals surface area contributed by atoms with Gasteiger partial charge in [0.15, 0.2) is 0 Å². The molecule has 1 N–H and O–H groups in total. The quantitative estimate of drug-likeness (QED) is 0.324. The van der Waals surface area contributed by atoms with Gasteiger partial charge in [-0.05, 0) is 66.8 Å². The summed E-state index contributed by atoms with van der Waals surface area (Å²) in [4.78, 5) is 18.3. The van der Waals surface area contributed by atoms with Gasteiger partial charge < -0.3 is 5.32 Å². The lowest BCUT2D eigenvalue weighted by Gasteiger charge is -2.16. The van der Waals surface area contributed by atoms with E-state index in [2.05, 4.69) is 31.3 Å². The highest BCUT2D eigenvalue weighted by atomic mass is 35.5. The number of fused-ring (bicyclic) bond motifs is 1. The summed E-state index contributed by atoms with van der Waals surface area (Å²) < 4.78 is 0. The number of para-hydroxylation sites is 1. The van der Waals surface area contributed by atoms with E-state index in [1.54, 1.807) is 12.1 Å². The minimum atomic E-state index is -0.177. The second-order valence-corrected chi connectivity index (χ2v) is 8.83. The summed E-state index contributed by atoms with van der Waals surface area (Å²) in [6.45, 7) is 6.27. The summed E-state index contributed by atoms with van der Waals surface area (Å²) in [6, 6.07) is 21.0. The lowest BCUT2D eigenvalue weighted by atomic mass is 9.96. The van der Waals surface area contributed by atoms with Gasteiger partial charge in [-0.25, -0.2) is 4.98 Å². The third-order valence-corrected chi connectivity index (χ3v) is 6.45. The molecule has 0 aliphatic rings. The van der Waals surface area contributed by atoms with Crippen LogP contribution in [0, 0.1) is 6.92 Å². The molecule has 0 aliphatic heterocycles. The molecule has 1 aromatic heterocycles. The normalized spacial score (nSPS) is 12.0. The van der Waals surface area contributed by atoms with Gasteiger partial charge in [0.2, 0.25) is 0 Å². The first-order chi connectivity index (χ1) is 15.4. The molecule has 3 nitrogen and oxygen atoms in total. The molecule has 1 amide bonds. The summed E-state index contributed by atoms with van der Waals surface area (Å²) in [7, 11) is 0. The SMILES string of the molecule is CC[C@@H](C)c1ccc(NC(=O)c2c(C)c(-c3ccc(Cl)cc3Cl)nc3ccccc23)cc1. The van der Waals surface area contributed by atoms with Gasteiger partial charge in [0.05, 0.1) is 21.8 Å². The molecule has 4 aromatic rings. The zero-order valence-electron chi connectivity index (χ0n) is 18.2. The maximum Gasteiger partial charge on any atom is 0.256 e. The zero-order chi connectivity index (χ0) is 22.8. The lowest BCUT2D eigenvalue weighted by Crippen LogP contribution is -2.15. The molecule has 0 aliphatic carbocycles. The number of nitrogens with zero attached hydrogens (tertiary/aromatic N) is 1. The summed E-state index contributed by atoms with van der Waals surface area (Å²) in [6.07, 6.45) is 1.07. The van der Waals surface area contributed by atoms with Crippen LogP contribution in [0.5, 0.6) is 0 Å². The Morgan fingerprint density at radius 2 is 1.75 bits per heavy atom. The Bertz CT molecular complexity index is 1300. The van der Waals surface area contributed by atoms with E-state index in [1.807, 2.05) is 49.4 Å². The number of carbonyl (C=O) groups excluding carboxylic acids is 1. The summed E-state index contributed by atoms with van der Waals surface area (Å²) >= 11 is 12.6. The molecule has 4 rings (SSSR count). The number of hydrogen-bond acceptors (Lipinski definition) is 2. The molecule has 0 saturated carbocycles. The van der Waals surface area contributed by atoms with Crippen molar-refractivity contribution in [1.82, 2.24) is 4.98 Å². The van der Waals surface area contributed by atoms with Crippen molar-refractivity contribution in [2.75, 3.05) is 5.32 Å². The first kappa shape index (κ1) is 22.3. The molecule has 0 unspecified atom stereocenters. The number of carbonyl (C=O) groups is 1. The van der Waals surface area contributed by atoms with Crippen LogP contribution >= 0.6 is 23.2 Å². The molecule has 0 spiro atoms. The summed E-state index contributed by atoms with van der Waals surface area (Å²) in [5, 5.41) is 4.90. The monoisotopic (exact) mass is 462 g/mol. The van der Waals surface area contributed by atoms with Crippen LogP contribution in [-0.2, 0) is 0 Å². The van der Waals surface area contributed by atoms with Crippen molar-refractivity contribution < 1.29 is 4.79 Å². The molecule has 0 bridgehead atoms. The Labute approximate surface area is 198 Å². The minimum Gasteiger partial charge on any atom is -0.322 e. The molecule has 0 saturated heterocycles. The van der Waals surface area contributed by atoms with Crippen LogP contribution in [0.4, 0.5) is 5.69 Å². The van der Waals surface area contributed by atoms with Gasteiger partial charge in [-0.1, -0.05) is 67.4 Å². The topological polar surface area (TPSA) is 42.0 Å². The van der Waals surface area contributed by atoms with Gasteiger partial charge in [-0.15, -0.1) is 0 Å². The summed E-state index contributed by atoms with van der Waals surface area (Å²) in [5.74, 6) is 0.307. The highest BCUT2D eigenvalue weighted by molar-refractivity contribution is 6.36. The van der Waals surface area contributed by atoms with Crippen LogP contribution in [-0.4, -0.2) is 10.9 Å². The highest BCUT2D eigenvalue weighted by Gasteiger charge is 2.20. The van der Waals surface area contributed by atoms with E-state index in [-0.39, 0.29) is 5.91 Å². The molecule has 3 aromatic carbocycles. The molecule has 32 heavy (non-hydrogen) atoms. The summed E-state index contributed by atoms with van der Waals surface area (Å²) in [5.41, 5.74) is 5.51. The van der Waals surface area contributed by atoms with Gasteiger partial charge in [0.1, 0.15) is 0 Å². The maximum absolute atomic E-state index is 13.5. The van der Waals surface area contributed by atoms with Gasteiger partial charge >= 0.3 is 0 Å². The Morgan fingerprint density at radius 1 is 1.03 bits per heavy atom. The molecule has 0 radical (unpaired) electrons. The molecule has 162 valence electrons. The van der Waals surface area contributed by atoms with Crippen LogP contribution in [0.1, 0.15) is 47.7 Å². The van der Waals surface area contributed by atoms with Crippen molar-refractivity contribution >= 4 is 45.7 Å². The Kier molecular flexibility index (Phi) is 6.50. The number of pyridine rings is 1. The minimum absolute atomic E-state index is 0.177. The smallest absolute Gasteiger partial charge is 0.256 e. The number of rotatable bonds is 5. The van der Waals surface area contributed by atoms with E-state index in [0.717, 1.165) is 34.1 Å². The van der Waals surface area contributed by atoms with E-state index in [0.29, 0.717) is 27.2 Å². The Balaban J connectivity index is 1.79. The van der Waals surface area contributed by atoms with Gasteiger partial charge in [0, 0.05) is 21.7 Å². The molecule has 1 heterocycles. The third-order valence-electron chi connectivity index (χ3n) is 5.90. The average molecular weight is 463 g/mol. The maximum atomic E-state index is 13.5. The van der Waals surface area contributed by atoms with E-state index in [1.165, 1.54) is 5.56 Å². The number of anilines is 1. The van der Waals surface area contributed by atoms with E-state index < -0.39 is 0 Å². The van der Waals surface area contributed by atoms with Crippen LogP contribution in [0.3, 0.4) is 0 Å². The zero-order valence-corrected chi connectivity index (χ0v) is 19.8. The van der Waals surface area contributed by atoms with E-state index >= 15 is 0 Å². The molecule has 1 atom stereocenters. The largest absolute Gasteiger partial charge is 0.322 e. The molecule has 5 heteroatoms. The fourth-order valence-corrected chi connectivity index (χ4v) is 4.37. The van der Waals surface area contributed by atoms with Crippen molar-refractivity contribution in [3.8, 4) is 11.3 Å². The van der Waals surface area contributed by atoms with Crippen molar-refractivity contribution in [2.45, 2.75) is 33.1 Å². The van der Waals surface area contributed by atoms with Gasteiger partial charge in [-0.3, -0.25) is 4.79 Å². The fourth-order valence-electron chi connectivity index (χ4n) is 3.87. The molecular formula is C27H24Cl2N2O. The second-order valence-electron chi connectivity index (χ2n) is 7.99. The Hall–Kier alpha value is -2.88. The van der Waals surface area contributed by atoms with Crippen LogP contribution in [0.15, 0.2) is 66.7 Å². The number of hydrogen-bond donors (Lipinski definition) is 1. The Morgan fingerprint density at radius 3 is 2.44 bits per heavy atom. The van der Waals surface area contributed by atoms with Gasteiger partial charge in [0.25, 0.3) is 5.91 Å². The average Bonchev–Trinajstić information content (AvgIpc) is 2.79. The van der Waals surface area contributed by atoms with Crippen molar-refractivity contribution in [2.24, 2.45) is 0 Å². The molecular weight excluding hydrogens is 439 g/mol. The number of halogens is 2. The van der Waals surface area contributed by atoms with E-state index in [9.17, 15) is 4.79 Å². The number of aromatic nitrogens is 1. The standard InChI is InChI=1S/C27H24Cl2N2O/c1-4-16(2)18-9-12-20(13-10-18)30-27(32)25-17(3)26(21-14-11-19(28)15-23(21)29)31-24-8-6-5-7-22(24)25/h5-16H,4H2,1-3H3,(H,30,32)/t16-/m1/s1. The first-order valence-corrected chi connectivity index (χ1v) is 11.4. The van der Waals surface area contributed by atoms with Crippen molar-refractivity contribution in [3.63, 3.8) is 0 Å². The predicted molar refractivity (Wildman–Crippen MR) is 135 cm³/mol. The van der Waals surface area contributed by atoms with Gasteiger partial charge in [-0.2, -0.15) is 0 Å². The van der Waals surface area contributed by atoms with Crippen LogP contribution in [0.25, 0.3) is 22.2 Å². The van der Waals surface area contributed by atoms with Crippen LogP contribution in [0.2, 0.25) is 10.0 Å². The fraction of sp³-hybridized carbons (Fsp3) is 0.185. The first-order valence-electron chi connectivity index (χ1n) is 10.6. The van der Waals surface area contributed by atoms with Crippen molar-refractivity contribution in [3.05, 3.63) is 93.5 Å². The number of amides is 1. The van der Waals surface area contributed by atoms with Crippen molar-refractivity contribution in [1.29, 1.82) is 0 Å². The van der Waals surface area contributed by atoms with Crippen LogP contribution < -0.4 is 5.32 Å². The third kappa shape index (κ3) is 4.36. The molecule has 0 fully saturated rings. The number of nitrogens with one attached hydrogen (secondary N) is 1. The number of benzene rings is 3. The lowest BCUT2D eigenvalue weighted by molar-refractivity contribution is 0.102. The van der Waals surface area contributed by atoms with E-state index in [4.69, 9.17) is 28.2 Å². The highest BCUT2D eigenvalue weighted by Crippen LogP contribution is 2.35.